The predicted octanol–water partition coefficient (Wildman–Crippen LogP) is 4.49. The maximum Gasteiger partial charge on any atom is 0.261 e. The SMILES string of the molecule is O=C(Nc1nc2c(F)cccc2s1)c1cccc(NS(=O)(=O)c2ccccc2)c1. The van der Waals surface area contributed by atoms with Gasteiger partial charge in [-0.2, -0.15) is 0 Å². The number of carbonyl (C=O) groups is 1. The lowest BCUT2D eigenvalue weighted by atomic mass is 10.2. The van der Waals surface area contributed by atoms with Gasteiger partial charge in [0.2, 0.25) is 0 Å². The van der Waals surface area contributed by atoms with Crippen molar-refractivity contribution in [2.75, 3.05) is 10.0 Å². The van der Waals surface area contributed by atoms with E-state index in [9.17, 15) is 17.6 Å². The molecule has 0 radical (unpaired) electrons. The quantitative estimate of drug-likeness (QED) is 0.491. The predicted molar refractivity (Wildman–Crippen MR) is 111 cm³/mol. The molecule has 0 bridgehead atoms. The third kappa shape index (κ3) is 4.10. The fraction of sp³-hybridized carbons (Fsp3) is 0. The maximum atomic E-state index is 13.8. The Balaban J connectivity index is 1.55. The molecular weight excluding hydrogens is 413 g/mol. The Kier molecular flexibility index (Phi) is 4.99. The Morgan fingerprint density at radius 2 is 1.72 bits per heavy atom. The molecule has 1 amide bonds. The van der Waals surface area contributed by atoms with E-state index < -0.39 is 21.7 Å². The van der Waals surface area contributed by atoms with Crippen LogP contribution in [0.4, 0.5) is 15.2 Å². The van der Waals surface area contributed by atoms with Crippen molar-refractivity contribution in [3.8, 4) is 0 Å². The van der Waals surface area contributed by atoms with Gasteiger partial charge in [0, 0.05) is 11.3 Å². The highest BCUT2D eigenvalue weighted by Gasteiger charge is 2.16. The number of nitrogens with zero attached hydrogens (tertiary/aromatic N) is 1. The molecule has 0 saturated carbocycles. The average Bonchev–Trinajstić information content (AvgIpc) is 3.12. The van der Waals surface area contributed by atoms with E-state index >= 15 is 0 Å². The summed E-state index contributed by atoms with van der Waals surface area (Å²) in [6, 6.07) is 18.6. The van der Waals surface area contributed by atoms with Gasteiger partial charge in [-0.15, -0.1) is 0 Å². The number of rotatable bonds is 5. The number of hydrogen-bond donors (Lipinski definition) is 2. The lowest BCUT2D eigenvalue weighted by Gasteiger charge is -2.09. The van der Waals surface area contributed by atoms with Crippen molar-refractivity contribution < 1.29 is 17.6 Å². The van der Waals surface area contributed by atoms with E-state index in [0.29, 0.717) is 4.70 Å². The van der Waals surface area contributed by atoms with Gasteiger partial charge in [-0.1, -0.05) is 41.7 Å². The van der Waals surface area contributed by atoms with Crippen LogP contribution in [0.5, 0.6) is 0 Å². The van der Waals surface area contributed by atoms with E-state index in [1.807, 2.05) is 0 Å². The summed E-state index contributed by atoms with van der Waals surface area (Å²) < 4.78 is 41.7. The van der Waals surface area contributed by atoms with Crippen LogP contribution in [0, 0.1) is 5.82 Å². The molecule has 0 saturated heterocycles. The first kappa shape index (κ1) is 19.0. The highest BCUT2D eigenvalue weighted by atomic mass is 32.2. The van der Waals surface area contributed by atoms with E-state index in [1.54, 1.807) is 48.5 Å². The summed E-state index contributed by atoms with van der Waals surface area (Å²) in [5, 5.41) is 2.88. The van der Waals surface area contributed by atoms with Crippen LogP contribution in [0.15, 0.2) is 77.7 Å². The van der Waals surface area contributed by atoms with Gasteiger partial charge in [0.25, 0.3) is 15.9 Å². The summed E-state index contributed by atoms with van der Waals surface area (Å²) in [7, 11) is -3.77. The topological polar surface area (TPSA) is 88.2 Å². The van der Waals surface area contributed by atoms with E-state index in [-0.39, 0.29) is 26.8 Å². The Morgan fingerprint density at radius 1 is 0.966 bits per heavy atom. The van der Waals surface area contributed by atoms with Crippen molar-refractivity contribution in [3.63, 3.8) is 0 Å². The number of hydrogen-bond acceptors (Lipinski definition) is 5. The molecule has 1 heterocycles. The number of carbonyl (C=O) groups excluding carboxylic acids is 1. The average molecular weight is 427 g/mol. The highest BCUT2D eigenvalue weighted by Crippen LogP contribution is 2.28. The number of anilines is 2. The molecule has 0 unspecified atom stereocenters. The number of para-hydroxylation sites is 1. The molecule has 146 valence electrons. The minimum Gasteiger partial charge on any atom is -0.298 e. The number of nitrogens with one attached hydrogen (secondary N) is 2. The summed E-state index contributed by atoms with van der Waals surface area (Å²) in [4.78, 5) is 16.8. The van der Waals surface area contributed by atoms with Crippen LogP contribution in [0.2, 0.25) is 0 Å². The molecule has 9 heteroatoms. The van der Waals surface area contributed by atoms with E-state index in [2.05, 4.69) is 15.0 Å². The van der Waals surface area contributed by atoms with Gasteiger partial charge in [-0.05, 0) is 42.5 Å². The van der Waals surface area contributed by atoms with E-state index in [0.717, 1.165) is 11.3 Å². The van der Waals surface area contributed by atoms with Crippen molar-refractivity contribution in [2.24, 2.45) is 0 Å². The van der Waals surface area contributed by atoms with Gasteiger partial charge in [-0.3, -0.25) is 14.8 Å². The van der Waals surface area contributed by atoms with Gasteiger partial charge in [-0.25, -0.2) is 17.8 Å². The number of amides is 1. The number of thiazole rings is 1. The lowest BCUT2D eigenvalue weighted by molar-refractivity contribution is 0.102. The first-order valence-corrected chi connectivity index (χ1v) is 10.8. The second-order valence-corrected chi connectivity index (χ2v) is 8.77. The number of halogens is 1. The zero-order chi connectivity index (χ0) is 20.4. The molecule has 0 fully saturated rings. The van der Waals surface area contributed by atoms with Crippen molar-refractivity contribution in [1.29, 1.82) is 0 Å². The van der Waals surface area contributed by atoms with Crippen LogP contribution < -0.4 is 10.0 Å². The maximum absolute atomic E-state index is 13.8. The first-order chi connectivity index (χ1) is 13.9. The van der Waals surface area contributed by atoms with Crippen LogP contribution in [-0.4, -0.2) is 19.3 Å². The van der Waals surface area contributed by atoms with Crippen LogP contribution in [0.3, 0.4) is 0 Å². The number of benzene rings is 3. The van der Waals surface area contributed by atoms with E-state index in [1.165, 1.54) is 24.3 Å². The molecule has 0 spiro atoms. The normalized spacial score (nSPS) is 11.3. The monoisotopic (exact) mass is 427 g/mol. The van der Waals surface area contributed by atoms with Crippen LogP contribution in [0.25, 0.3) is 10.2 Å². The summed E-state index contributed by atoms with van der Waals surface area (Å²) in [5.74, 6) is -0.943. The third-order valence-corrected chi connectivity index (χ3v) is 6.35. The number of aromatic nitrogens is 1. The summed E-state index contributed by atoms with van der Waals surface area (Å²) in [6.45, 7) is 0. The first-order valence-electron chi connectivity index (χ1n) is 8.47. The Bertz CT molecular complexity index is 1310. The molecule has 29 heavy (non-hydrogen) atoms. The molecule has 6 nitrogen and oxygen atoms in total. The Morgan fingerprint density at radius 3 is 2.48 bits per heavy atom. The van der Waals surface area contributed by atoms with Gasteiger partial charge >= 0.3 is 0 Å². The highest BCUT2D eigenvalue weighted by molar-refractivity contribution is 7.92. The van der Waals surface area contributed by atoms with Gasteiger partial charge < -0.3 is 0 Å². The smallest absolute Gasteiger partial charge is 0.261 e. The Hall–Kier alpha value is -3.30. The minimum atomic E-state index is -3.77. The molecule has 1 aromatic heterocycles. The zero-order valence-electron chi connectivity index (χ0n) is 14.8. The molecule has 3 aromatic carbocycles. The minimum absolute atomic E-state index is 0.117. The fourth-order valence-corrected chi connectivity index (χ4v) is 4.62. The standard InChI is InChI=1S/C20H14FN3O3S2/c21-16-10-5-11-17-18(16)22-20(28-17)23-19(25)13-6-4-7-14(12-13)24-29(26,27)15-8-2-1-3-9-15/h1-12,24H,(H,22,23,25). The lowest BCUT2D eigenvalue weighted by Crippen LogP contribution is -2.15. The van der Waals surface area contributed by atoms with Gasteiger partial charge in [0.15, 0.2) is 5.13 Å². The molecular formula is C20H14FN3O3S2. The van der Waals surface area contributed by atoms with Crippen LogP contribution >= 0.6 is 11.3 Å². The molecule has 4 rings (SSSR count). The summed E-state index contributed by atoms with van der Waals surface area (Å²) >= 11 is 1.15. The summed E-state index contributed by atoms with van der Waals surface area (Å²) in [6.07, 6.45) is 0. The van der Waals surface area contributed by atoms with Crippen molar-refractivity contribution in [3.05, 3.63) is 84.2 Å². The molecule has 0 aliphatic carbocycles. The van der Waals surface area contributed by atoms with Gasteiger partial charge in [0.1, 0.15) is 11.3 Å². The summed E-state index contributed by atoms with van der Waals surface area (Å²) in [5.41, 5.74) is 0.673. The molecule has 0 aliphatic rings. The van der Waals surface area contributed by atoms with Crippen LogP contribution in [-0.2, 0) is 10.0 Å². The fourth-order valence-electron chi connectivity index (χ4n) is 2.68. The number of sulfonamides is 1. The number of fused-ring (bicyclic) bond motifs is 1. The third-order valence-electron chi connectivity index (χ3n) is 4.02. The Labute approximate surface area is 170 Å². The van der Waals surface area contributed by atoms with Crippen molar-refractivity contribution in [2.45, 2.75) is 4.90 Å². The molecule has 2 N–H and O–H groups in total. The van der Waals surface area contributed by atoms with E-state index in [4.69, 9.17) is 0 Å². The molecule has 4 aromatic rings. The van der Waals surface area contributed by atoms with Crippen molar-refractivity contribution >= 4 is 48.3 Å². The molecule has 0 aliphatic heterocycles. The molecule has 0 atom stereocenters. The largest absolute Gasteiger partial charge is 0.298 e. The zero-order valence-corrected chi connectivity index (χ0v) is 16.4. The van der Waals surface area contributed by atoms with Crippen molar-refractivity contribution in [1.82, 2.24) is 4.98 Å². The second kappa shape index (κ2) is 7.61. The second-order valence-electron chi connectivity index (χ2n) is 6.06. The van der Waals surface area contributed by atoms with Crippen LogP contribution in [0.1, 0.15) is 10.4 Å². The van der Waals surface area contributed by atoms with Gasteiger partial charge in [0.05, 0.1) is 9.60 Å².